The van der Waals surface area contributed by atoms with E-state index in [0.29, 0.717) is 29.3 Å². The molecule has 1 fully saturated rings. The van der Waals surface area contributed by atoms with E-state index in [9.17, 15) is 13.6 Å². The Morgan fingerprint density at radius 2 is 2.00 bits per heavy atom. The summed E-state index contributed by atoms with van der Waals surface area (Å²) in [5, 5.41) is 2.87. The number of aryl methyl sites for hydroxylation is 2. The molecule has 8 heteroatoms. The van der Waals surface area contributed by atoms with Crippen molar-refractivity contribution in [3.05, 3.63) is 64.6 Å². The van der Waals surface area contributed by atoms with Gasteiger partial charge in [-0.3, -0.25) is 9.20 Å². The molecule has 1 saturated carbocycles. The maximum absolute atomic E-state index is 13.9. The average molecular weight is 400 g/mol. The molecule has 0 aliphatic heterocycles. The van der Waals surface area contributed by atoms with Crippen molar-refractivity contribution in [1.82, 2.24) is 14.7 Å². The summed E-state index contributed by atoms with van der Waals surface area (Å²) in [6.07, 6.45) is 3.56. The summed E-state index contributed by atoms with van der Waals surface area (Å²) in [6, 6.07) is 5.38. The molecule has 0 spiro atoms. The van der Waals surface area contributed by atoms with E-state index >= 15 is 0 Å². The van der Waals surface area contributed by atoms with Gasteiger partial charge in [-0.05, 0) is 50.5 Å². The van der Waals surface area contributed by atoms with Gasteiger partial charge in [0.1, 0.15) is 23.9 Å². The van der Waals surface area contributed by atoms with E-state index in [0.717, 1.165) is 18.4 Å². The second-order valence-electron chi connectivity index (χ2n) is 7.66. The Balaban J connectivity index is 1.64. The lowest BCUT2D eigenvalue weighted by molar-refractivity contribution is 0.0943. The van der Waals surface area contributed by atoms with Crippen LogP contribution in [0.1, 0.15) is 40.2 Å². The standard InChI is InChI=1S/C21H22F2N4O2/c1-12-8-17(29-10-14-15(22)4-3-5-16(14)23)19-26-13(2)18(27(19)9-12)20(28)25-11-21(24)6-7-21/h3-5,8-9H,6-7,10-11,24H2,1-2H3,(H,25,28). The summed E-state index contributed by atoms with van der Waals surface area (Å²) in [6.45, 7) is 3.68. The number of halogens is 2. The molecule has 0 bridgehead atoms. The number of carbonyl (C=O) groups excluding carboxylic acids is 1. The number of rotatable bonds is 6. The first-order chi connectivity index (χ1) is 13.8. The van der Waals surface area contributed by atoms with Crippen LogP contribution in [0, 0.1) is 25.5 Å². The molecule has 0 saturated heterocycles. The van der Waals surface area contributed by atoms with Crippen LogP contribution in [-0.2, 0) is 6.61 Å². The number of pyridine rings is 1. The summed E-state index contributed by atoms with van der Waals surface area (Å²) in [7, 11) is 0. The SMILES string of the molecule is Cc1cc(OCc2c(F)cccc2F)c2nc(C)c(C(=O)NCC3(N)CC3)n2c1. The molecule has 1 amide bonds. The van der Waals surface area contributed by atoms with E-state index in [1.807, 2.05) is 6.92 Å². The highest BCUT2D eigenvalue weighted by Crippen LogP contribution is 2.31. The van der Waals surface area contributed by atoms with Crippen LogP contribution in [0.25, 0.3) is 5.65 Å². The van der Waals surface area contributed by atoms with Crippen molar-refractivity contribution < 1.29 is 18.3 Å². The predicted molar refractivity (Wildman–Crippen MR) is 104 cm³/mol. The minimum Gasteiger partial charge on any atom is -0.485 e. The third-order valence-electron chi connectivity index (χ3n) is 5.14. The fourth-order valence-corrected chi connectivity index (χ4v) is 3.24. The molecule has 0 radical (unpaired) electrons. The number of imidazole rings is 1. The second kappa shape index (κ2) is 7.11. The van der Waals surface area contributed by atoms with Gasteiger partial charge in [0.15, 0.2) is 11.4 Å². The van der Waals surface area contributed by atoms with E-state index in [2.05, 4.69) is 10.3 Å². The van der Waals surface area contributed by atoms with Crippen molar-refractivity contribution in [2.75, 3.05) is 6.54 Å². The van der Waals surface area contributed by atoms with Crippen LogP contribution >= 0.6 is 0 Å². The Morgan fingerprint density at radius 1 is 1.31 bits per heavy atom. The Morgan fingerprint density at radius 3 is 2.66 bits per heavy atom. The number of ether oxygens (including phenoxy) is 1. The molecule has 3 aromatic rings. The molecule has 0 atom stereocenters. The number of benzene rings is 1. The minimum absolute atomic E-state index is 0.161. The second-order valence-corrected chi connectivity index (χ2v) is 7.66. The molecule has 4 rings (SSSR count). The summed E-state index contributed by atoms with van der Waals surface area (Å²) >= 11 is 0. The third kappa shape index (κ3) is 3.80. The molecule has 152 valence electrons. The quantitative estimate of drug-likeness (QED) is 0.666. The largest absolute Gasteiger partial charge is 0.485 e. The first-order valence-corrected chi connectivity index (χ1v) is 9.39. The van der Waals surface area contributed by atoms with Crippen LogP contribution < -0.4 is 15.8 Å². The van der Waals surface area contributed by atoms with Gasteiger partial charge in [0.05, 0.1) is 11.3 Å². The Bertz CT molecular complexity index is 1090. The van der Waals surface area contributed by atoms with Crippen molar-refractivity contribution in [3.63, 3.8) is 0 Å². The van der Waals surface area contributed by atoms with E-state index in [-0.39, 0.29) is 23.6 Å². The highest BCUT2D eigenvalue weighted by atomic mass is 19.1. The highest BCUT2D eigenvalue weighted by Gasteiger charge is 2.38. The number of carbonyl (C=O) groups is 1. The van der Waals surface area contributed by atoms with Gasteiger partial charge in [-0.1, -0.05) is 6.07 Å². The van der Waals surface area contributed by atoms with Gasteiger partial charge in [-0.15, -0.1) is 0 Å². The number of fused-ring (bicyclic) bond motifs is 1. The lowest BCUT2D eigenvalue weighted by atomic mass is 10.2. The summed E-state index contributed by atoms with van der Waals surface area (Å²) in [5.41, 5.74) is 7.71. The zero-order valence-electron chi connectivity index (χ0n) is 16.3. The van der Waals surface area contributed by atoms with Gasteiger partial charge in [-0.25, -0.2) is 13.8 Å². The maximum atomic E-state index is 13.9. The van der Waals surface area contributed by atoms with Gasteiger partial charge < -0.3 is 15.8 Å². The molecule has 3 N–H and O–H groups in total. The van der Waals surface area contributed by atoms with E-state index < -0.39 is 11.6 Å². The molecule has 0 unspecified atom stereocenters. The first kappa shape index (κ1) is 19.3. The van der Waals surface area contributed by atoms with Crippen molar-refractivity contribution >= 4 is 11.6 Å². The highest BCUT2D eigenvalue weighted by molar-refractivity contribution is 5.95. The van der Waals surface area contributed by atoms with Crippen LogP contribution in [0.4, 0.5) is 8.78 Å². The molecule has 29 heavy (non-hydrogen) atoms. The van der Waals surface area contributed by atoms with Crippen molar-refractivity contribution in [3.8, 4) is 5.75 Å². The summed E-state index contributed by atoms with van der Waals surface area (Å²) in [5.74, 6) is -1.29. The minimum atomic E-state index is -0.677. The lowest BCUT2D eigenvalue weighted by Crippen LogP contribution is -2.39. The van der Waals surface area contributed by atoms with Crippen LogP contribution in [0.2, 0.25) is 0 Å². The number of nitrogens with one attached hydrogen (secondary N) is 1. The number of hydrogen-bond donors (Lipinski definition) is 2. The van der Waals surface area contributed by atoms with Gasteiger partial charge in [-0.2, -0.15) is 0 Å². The molecule has 6 nitrogen and oxygen atoms in total. The van der Waals surface area contributed by atoms with E-state index in [1.54, 1.807) is 23.6 Å². The lowest BCUT2D eigenvalue weighted by Gasteiger charge is -2.12. The number of hydrogen-bond acceptors (Lipinski definition) is 4. The van der Waals surface area contributed by atoms with Crippen molar-refractivity contribution in [2.24, 2.45) is 5.73 Å². The fourth-order valence-electron chi connectivity index (χ4n) is 3.24. The normalized spacial score (nSPS) is 14.8. The maximum Gasteiger partial charge on any atom is 0.270 e. The van der Waals surface area contributed by atoms with E-state index in [4.69, 9.17) is 10.5 Å². The number of aromatic nitrogens is 2. The topological polar surface area (TPSA) is 81.6 Å². The van der Waals surface area contributed by atoms with Crippen LogP contribution in [0.5, 0.6) is 5.75 Å². The Hall–Kier alpha value is -3.00. The van der Waals surface area contributed by atoms with Gasteiger partial charge >= 0.3 is 0 Å². The van der Waals surface area contributed by atoms with Gasteiger partial charge in [0.2, 0.25) is 0 Å². The molecule has 1 aromatic carbocycles. The van der Waals surface area contributed by atoms with Crippen LogP contribution in [0.15, 0.2) is 30.5 Å². The Kier molecular flexibility index (Phi) is 4.74. The summed E-state index contributed by atoms with van der Waals surface area (Å²) < 4.78 is 35.2. The molecule has 2 aromatic heterocycles. The van der Waals surface area contributed by atoms with Crippen LogP contribution in [-0.4, -0.2) is 27.4 Å². The Labute approximate surface area is 166 Å². The monoisotopic (exact) mass is 400 g/mol. The van der Waals surface area contributed by atoms with Crippen LogP contribution in [0.3, 0.4) is 0 Å². The van der Waals surface area contributed by atoms with Gasteiger partial charge in [0.25, 0.3) is 5.91 Å². The first-order valence-electron chi connectivity index (χ1n) is 9.39. The molecule has 2 heterocycles. The molecular formula is C21H22F2N4O2. The smallest absolute Gasteiger partial charge is 0.270 e. The van der Waals surface area contributed by atoms with Gasteiger partial charge in [0, 0.05) is 18.3 Å². The molecule has 1 aliphatic rings. The van der Waals surface area contributed by atoms with Crippen molar-refractivity contribution in [2.45, 2.75) is 38.8 Å². The number of nitrogens with zero attached hydrogens (tertiary/aromatic N) is 2. The number of amides is 1. The zero-order valence-corrected chi connectivity index (χ0v) is 16.3. The zero-order chi connectivity index (χ0) is 20.8. The predicted octanol–water partition coefficient (Wildman–Crippen LogP) is 3.03. The number of nitrogens with two attached hydrogens (primary N) is 1. The van der Waals surface area contributed by atoms with E-state index in [1.165, 1.54) is 18.2 Å². The molecular weight excluding hydrogens is 378 g/mol. The average Bonchev–Trinajstić information content (AvgIpc) is 3.30. The fraction of sp³-hybridized carbons (Fsp3) is 0.333. The van der Waals surface area contributed by atoms with Crippen molar-refractivity contribution in [1.29, 1.82) is 0 Å². The summed E-state index contributed by atoms with van der Waals surface area (Å²) in [4.78, 5) is 17.2. The molecule has 1 aliphatic carbocycles. The third-order valence-corrected chi connectivity index (χ3v) is 5.14.